The molecule has 0 unspecified atom stereocenters. The van der Waals surface area contributed by atoms with Gasteiger partial charge in [0.25, 0.3) is 0 Å². The highest BCUT2D eigenvalue weighted by molar-refractivity contribution is 6.05. The lowest BCUT2D eigenvalue weighted by Crippen LogP contribution is -2.34. The van der Waals surface area contributed by atoms with Crippen LogP contribution in [-0.4, -0.2) is 47.3 Å². The molecule has 2 N–H and O–H groups in total. The van der Waals surface area contributed by atoms with Crippen molar-refractivity contribution < 1.29 is 19.7 Å². The molecular weight excluding hydrogens is 368 g/mol. The van der Waals surface area contributed by atoms with Crippen molar-refractivity contribution in [3.8, 4) is 0 Å². The summed E-state index contributed by atoms with van der Waals surface area (Å²) in [5, 5.41) is 21.3. The van der Waals surface area contributed by atoms with Gasteiger partial charge in [0.1, 0.15) is 42.9 Å². The summed E-state index contributed by atoms with van der Waals surface area (Å²) in [7, 11) is 0. The van der Waals surface area contributed by atoms with Crippen molar-refractivity contribution in [3.63, 3.8) is 0 Å². The summed E-state index contributed by atoms with van der Waals surface area (Å²) in [4.78, 5) is 9.26. The Morgan fingerprint density at radius 1 is 0.759 bits per heavy atom. The second-order valence-electron chi connectivity index (χ2n) is 7.96. The van der Waals surface area contributed by atoms with E-state index in [-0.39, 0.29) is 12.1 Å². The maximum absolute atomic E-state index is 10.6. The van der Waals surface area contributed by atoms with Gasteiger partial charge in [-0.3, -0.25) is 0 Å². The fourth-order valence-electron chi connectivity index (χ4n) is 3.62. The van der Waals surface area contributed by atoms with Crippen LogP contribution in [0.2, 0.25) is 0 Å². The molecule has 0 fully saturated rings. The molecule has 0 saturated carbocycles. The average molecular weight is 394 g/mol. The second-order valence-corrected chi connectivity index (χ2v) is 7.96. The summed E-state index contributed by atoms with van der Waals surface area (Å²) in [5.74, 6) is 0.983. The van der Waals surface area contributed by atoms with Crippen LogP contribution < -0.4 is 0 Å². The lowest BCUT2D eigenvalue weighted by Gasteiger charge is -2.22. The maximum atomic E-state index is 10.6. The Balaban J connectivity index is 1.50. The van der Waals surface area contributed by atoms with E-state index in [9.17, 15) is 10.2 Å². The molecule has 152 valence electrons. The standard InChI is InChI=1S/C23H26N2O4/c1-23(2,21-24-17(13-28-21)19(26)15-9-5-3-6-10-15)22-25-18(14-29-22)20(27)16-11-7-4-8-12-16/h3-12,17-20,26-27H,13-14H2,1-2H3/t17-,18-,19-,20-/m0/s1. The molecule has 0 spiro atoms. The molecule has 29 heavy (non-hydrogen) atoms. The molecule has 0 radical (unpaired) electrons. The van der Waals surface area contributed by atoms with E-state index < -0.39 is 17.6 Å². The molecule has 0 saturated heterocycles. The van der Waals surface area contributed by atoms with Gasteiger partial charge in [0.15, 0.2) is 11.8 Å². The Morgan fingerprint density at radius 2 is 1.14 bits per heavy atom. The molecule has 2 heterocycles. The van der Waals surface area contributed by atoms with Crippen LogP contribution in [0.25, 0.3) is 0 Å². The zero-order valence-corrected chi connectivity index (χ0v) is 16.6. The summed E-state index contributed by atoms with van der Waals surface area (Å²) in [6, 6.07) is 18.1. The van der Waals surface area contributed by atoms with Crippen LogP contribution in [0.1, 0.15) is 37.2 Å². The highest BCUT2D eigenvalue weighted by Crippen LogP contribution is 2.33. The van der Waals surface area contributed by atoms with Gasteiger partial charge in [0.05, 0.1) is 0 Å². The monoisotopic (exact) mass is 394 g/mol. The quantitative estimate of drug-likeness (QED) is 0.789. The molecule has 4 atom stereocenters. The van der Waals surface area contributed by atoms with Crippen molar-refractivity contribution in [1.82, 2.24) is 0 Å². The zero-order valence-electron chi connectivity index (χ0n) is 16.6. The first kappa shape index (κ1) is 19.6. The van der Waals surface area contributed by atoms with Crippen LogP contribution in [0.4, 0.5) is 0 Å². The van der Waals surface area contributed by atoms with E-state index in [2.05, 4.69) is 9.98 Å². The van der Waals surface area contributed by atoms with Gasteiger partial charge in [-0.15, -0.1) is 0 Å². The fourth-order valence-corrected chi connectivity index (χ4v) is 3.62. The fraction of sp³-hybridized carbons (Fsp3) is 0.391. The van der Waals surface area contributed by atoms with Crippen molar-refractivity contribution in [3.05, 3.63) is 71.8 Å². The molecule has 6 heteroatoms. The Morgan fingerprint density at radius 3 is 1.52 bits per heavy atom. The Hall–Kier alpha value is -2.70. The van der Waals surface area contributed by atoms with Gasteiger partial charge in [-0.1, -0.05) is 60.7 Å². The number of aliphatic hydroxyl groups excluding tert-OH is 2. The number of ether oxygens (including phenoxy) is 2. The number of rotatable bonds is 6. The number of aliphatic hydroxyl groups is 2. The van der Waals surface area contributed by atoms with Crippen molar-refractivity contribution in [2.45, 2.75) is 38.1 Å². The third-order valence-electron chi connectivity index (χ3n) is 5.43. The second kappa shape index (κ2) is 7.97. The third-order valence-corrected chi connectivity index (χ3v) is 5.43. The van der Waals surface area contributed by atoms with Crippen LogP contribution in [0, 0.1) is 5.41 Å². The third kappa shape index (κ3) is 3.91. The van der Waals surface area contributed by atoms with Crippen molar-refractivity contribution in [1.29, 1.82) is 0 Å². The number of aliphatic imine (C=N–C) groups is 2. The molecule has 0 amide bonds. The summed E-state index contributed by atoms with van der Waals surface area (Å²) in [6.07, 6.45) is -1.47. The predicted octanol–water partition coefficient (Wildman–Crippen LogP) is 3.07. The van der Waals surface area contributed by atoms with Crippen LogP contribution in [-0.2, 0) is 9.47 Å². The zero-order chi connectivity index (χ0) is 20.4. The lowest BCUT2D eigenvalue weighted by molar-refractivity contribution is 0.127. The van der Waals surface area contributed by atoms with E-state index in [1.807, 2.05) is 74.5 Å². The van der Waals surface area contributed by atoms with E-state index in [1.165, 1.54) is 0 Å². The molecule has 2 aromatic carbocycles. The van der Waals surface area contributed by atoms with Crippen LogP contribution in [0.15, 0.2) is 70.6 Å². The number of hydrogen-bond acceptors (Lipinski definition) is 6. The average Bonchev–Trinajstić information content (AvgIpc) is 3.45. The smallest absolute Gasteiger partial charge is 0.199 e. The summed E-state index contributed by atoms with van der Waals surface area (Å²) in [5.41, 5.74) is 0.935. The van der Waals surface area contributed by atoms with Crippen LogP contribution >= 0.6 is 0 Å². The molecule has 2 aliphatic heterocycles. The molecule has 4 rings (SSSR count). The summed E-state index contributed by atoms with van der Waals surface area (Å²) < 4.78 is 11.7. The van der Waals surface area contributed by atoms with Crippen LogP contribution in [0.3, 0.4) is 0 Å². The van der Waals surface area contributed by atoms with Crippen molar-refractivity contribution in [2.24, 2.45) is 15.4 Å². The number of nitrogens with zero attached hydrogens (tertiary/aromatic N) is 2. The molecule has 0 aliphatic carbocycles. The highest BCUT2D eigenvalue weighted by Gasteiger charge is 2.43. The highest BCUT2D eigenvalue weighted by atomic mass is 16.5. The SMILES string of the molecule is CC(C)(C1=N[C@H]([C@@H](O)c2ccccc2)CO1)C1=N[C@H]([C@@H](O)c2ccccc2)CO1. The van der Waals surface area contributed by atoms with E-state index in [0.717, 1.165) is 11.1 Å². The van der Waals surface area contributed by atoms with Gasteiger partial charge < -0.3 is 19.7 Å². The lowest BCUT2D eigenvalue weighted by atomic mass is 9.92. The van der Waals surface area contributed by atoms with Gasteiger partial charge in [0.2, 0.25) is 0 Å². The first-order valence-electron chi connectivity index (χ1n) is 9.85. The topological polar surface area (TPSA) is 83.6 Å². The minimum atomic E-state index is -0.733. The van der Waals surface area contributed by atoms with E-state index in [4.69, 9.17) is 9.47 Å². The Bertz CT molecular complexity index is 822. The molecular formula is C23H26N2O4. The minimum Gasteiger partial charge on any atom is -0.478 e. The first-order chi connectivity index (χ1) is 14.0. The normalized spacial score (nSPS) is 23.6. The van der Waals surface area contributed by atoms with Gasteiger partial charge >= 0.3 is 0 Å². The molecule has 2 aromatic rings. The van der Waals surface area contributed by atoms with Gasteiger partial charge in [-0.25, -0.2) is 9.98 Å². The minimum absolute atomic E-state index is 0.304. The Kier molecular flexibility index (Phi) is 5.39. The van der Waals surface area contributed by atoms with Gasteiger partial charge in [-0.05, 0) is 25.0 Å². The molecule has 2 aliphatic rings. The molecule has 6 nitrogen and oxygen atoms in total. The Labute approximate surface area is 170 Å². The summed E-state index contributed by atoms with van der Waals surface area (Å²) in [6.45, 7) is 4.47. The molecule has 0 bridgehead atoms. The van der Waals surface area contributed by atoms with Crippen LogP contribution in [0.5, 0.6) is 0 Å². The van der Waals surface area contributed by atoms with Crippen molar-refractivity contribution in [2.75, 3.05) is 13.2 Å². The predicted molar refractivity (Wildman–Crippen MR) is 111 cm³/mol. The van der Waals surface area contributed by atoms with Gasteiger partial charge in [-0.2, -0.15) is 0 Å². The van der Waals surface area contributed by atoms with Crippen molar-refractivity contribution >= 4 is 11.8 Å². The van der Waals surface area contributed by atoms with E-state index >= 15 is 0 Å². The first-order valence-corrected chi connectivity index (χ1v) is 9.85. The van der Waals surface area contributed by atoms with E-state index in [1.54, 1.807) is 0 Å². The maximum Gasteiger partial charge on any atom is 0.199 e. The van der Waals surface area contributed by atoms with Gasteiger partial charge in [0, 0.05) is 0 Å². The number of benzene rings is 2. The van der Waals surface area contributed by atoms with E-state index in [0.29, 0.717) is 25.0 Å². The number of hydrogen-bond donors (Lipinski definition) is 2. The summed E-state index contributed by atoms with van der Waals surface area (Å²) >= 11 is 0. The molecule has 0 aromatic heterocycles. The largest absolute Gasteiger partial charge is 0.478 e.